The summed E-state index contributed by atoms with van der Waals surface area (Å²) in [6, 6.07) is 28.4. The normalized spacial score (nSPS) is 11.6. The lowest BCUT2D eigenvalue weighted by Gasteiger charge is -2.13. The number of sulfonamides is 1. The van der Waals surface area contributed by atoms with Gasteiger partial charge in [0.2, 0.25) is 0 Å². The predicted molar refractivity (Wildman–Crippen MR) is 149 cm³/mol. The van der Waals surface area contributed by atoms with Crippen molar-refractivity contribution in [2.75, 3.05) is 17.1 Å². The van der Waals surface area contributed by atoms with Crippen LogP contribution >= 0.6 is 0 Å². The minimum Gasteiger partial charge on any atom is -0.497 e. The quantitative estimate of drug-likeness (QED) is 0.215. The van der Waals surface area contributed by atoms with E-state index in [0.29, 0.717) is 16.9 Å². The van der Waals surface area contributed by atoms with E-state index in [9.17, 15) is 13.2 Å². The minimum atomic E-state index is -3.78. The van der Waals surface area contributed by atoms with E-state index in [1.54, 1.807) is 31.4 Å². The van der Waals surface area contributed by atoms with Crippen LogP contribution in [0.3, 0.4) is 0 Å². The van der Waals surface area contributed by atoms with Gasteiger partial charge in [0, 0.05) is 11.3 Å². The fourth-order valence-electron chi connectivity index (χ4n) is 3.81. The number of hydrogen-bond acceptors (Lipinski definition) is 4. The number of benzene rings is 4. The van der Waals surface area contributed by atoms with E-state index in [-0.39, 0.29) is 10.8 Å². The van der Waals surface area contributed by atoms with Crippen molar-refractivity contribution in [3.63, 3.8) is 0 Å². The Hall–Kier alpha value is -4.36. The molecule has 0 aliphatic carbocycles. The third kappa shape index (κ3) is 6.45. The van der Waals surface area contributed by atoms with Crippen molar-refractivity contribution in [2.45, 2.75) is 18.7 Å². The molecular formula is C30H28N2O4S. The van der Waals surface area contributed by atoms with Gasteiger partial charge in [-0.3, -0.25) is 9.52 Å². The Labute approximate surface area is 217 Å². The van der Waals surface area contributed by atoms with Gasteiger partial charge in [-0.25, -0.2) is 8.42 Å². The number of methoxy groups -OCH3 is 1. The highest BCUT2D eigenvalue weighted by atomic mass is 32.2. The average Bonchev–Trinajstić information content (AvgIpc) is 2.90. The molecule has 0 saturated heterocycles. The second-order valence-corrected chi connectivity index (χ2v) is 10.3. The molecule has 4 rings (SSSR count). The number of anilines is 2. The predicted octanol–water partition coefficient (Wildman–Crippen LogP) is 6.29. The molecule has 0 aliphatic heterocycles. The number of amides is 1. The molecule has 6 nitrogen and oxygen atoms in total. The van der Waals surface area contributed by atoms with Crippen LogP contribution < -0.4 is 14.8 Å². The molecule has 0 spiro atoms. The molecule has 7 heteroatoms. The van der Waals surface area contributed by atoms with E-state index in [2.05, 4.69) is 10.0 Å². The molecule has 2 N–H and O–H groups in total. The van der Waals surface area contributed by atoms with E-state index < -0.39 is 10.0 Å². The van der Waals surface area contributed by atoms with Crippen molar-refractivity contribution in [2.24, 2.45) is 0 Å². The summed E-state index contributed by atoms with van der Waals surface area (Å²) in [6.45, 7) is 3.81. The number of carbonyl (C=O) groups is 1. The maximum atomic E-state index is 13.3. The average molecular weight is 513 g/mol. The molecule has 4 aromatic carbocycles. The zero-order chi connectivity index (χ0) is 26.4. The lowest BCUT2D eigenvalue weighted by Crippen LogP contribution is -2.15. The van der Waals surface area contributed by atoms with Crippen LogP contribution in [-0.2, 0) is 14.8 Å². The highest BCUT2D eigenvalue weighted by Crippen LogP contribution is 2.24. The third-order valence-corrected chi connectivity index (χ3v) is 7.19. The SMILES string of the molecule is COc1ccc(/C=C(\C(=O)Nc2ccc(S(=O)(=O)Nc3ccc(C)cc3C)cc2)c2ccccc2)cc1. The lowest BCUT2D eigenvalue weighted by atomic mass is 10.0. The summed E-state index contributed by atoms with van der Waals surface area (Å²) in [7, 11) is -2.18. The number of hydrogen-bond donors (Lipinski definition) is 2. The molecule has 0 radical (unpaired) electrons. The van der Waals surface area contributed by atoms with Crippen LogP contribution in [0.25, 0.3) is 11.6 Å². The molecule has 188 valence electrons. The molecule has 0 bridgehead atoms. The van der Waals surface area contributed by atoms with Crippen molar-refractivity contribution in [1.29, 1.82) is 0 Å². The summed E-state index contributed by atoms with van der Waals surface area (Å²) in [4.78, 5) is 13.4. The molecule has 0 fully saturated rings. The Morgan fingerprint density at radius 1 is 0.838 bits per heavy atom. The fraction of sp³-hybridized carbons (Fsp3) is 0.100. The van der Waals surface area contributed by atoms with Crippen molar-refractivity contribution in [3.05, 3.63) is 119 Å². The maximum absolute atomic E-state index is 13.3. The smallest absolute Gasteiger partial charge is 0.261 e. The number of rotatable bonds is 8. The summed E-state index contributed by atoms with van der Waals surface area (Å²) in [5, 5.41) is 2.88. The van der Waals surface area contributed by atoms with Gasteiger partial charge in [-0.1, -0.05) is 60.2 Å². The Bertz CT molecular complexity index is 1530. The van der Waals surface area contributed by atoms with Crippen molar-refractivity contribution in [1.82, 2.24) is 0 Å². The van der Waals surface area contributed by atoms with Crippen LogP contribution in [0, 0.1) is 13.8 Å². The van der Waals surface area contributed by atoms with Crippen LogP contribution in [0.4, 0.5) is 11.4 Å². The lowest BCUT2D eigenvalue weighted by molar-refractivity contribution is -0.111. The summed E-state index contributed by atoms with van der Waals surface area (Å²) in [5.74, 6) is 0.413. The first-order valence-corrected chi connectivity index (χ1v) is 13.2. The molecule has 4 aromatic rings. The molecule has 0 aromatic heterocycles. The van der Waals surface area contributed by atoms with Crippen LogP contribution in [0.15, 0.2) is 102 Å². The Morgan fingerprint density at radius 2 is 1.51 bits per heavy atom. The highest BCUT2D eigenvalue weighted by Gasteiger charge is 2.17. The van der Waals surface area contributed by atoms with Crippen LogP contribution in [0.1, 0.15) is 22.3 Å². The minimum absolute atomic E-state index is 0.0996. The summed E-state index contributed by atoms with van der Waals surface area (Å²) in [6.07, 6.45) is 1.80. The summed E-state index contributed by atoms with van der Waals surface area (Å²) in [5.41, 5.74) is 4.97. The van der Waals surface area contributed by atoms with E-state index >= 15 is 0 Å². The Balaban J connectivity index is 1.55. The monoisotopic (exact) mass is 512 g/mol. The summed E-state index contributed by atoms with van der Waals surface area (Å²) >= 11 is 0. The van der Waals surface area contributed by atoms with Crippen LogP contribution in [0.2, 0.25) is 0 Å². The number of ether oxygens (including phenoxy) is 1. The first-order valence-electron chi connectivity index (χ1n) is 11.7. The second-order valence-electron chi connectivity index (χ2n) is 8.60. The van der Waals surface area contributed by atoms with Crippen molar-refractivity contribution >= 4 is 39.0 Å². The standard InChI is InChI=1S/C30H28N2O4S/c1-21-9-18-29(22(2)19-21)32-37(34,35)27-16-12-25(13-17-27)31-30(33)28(24-7-5-4-6-8-24)20-23-10-14-26(36-3)15-11-23/h4-20,32H,1-3H3,(H,31,33)/b28-20-. The molecule has 0 heterocycles. The van der Waals surface area contributed by atoms with E-state index in [1.165, 1.54) is 12.1 Å². The zero-order valence-electron chi connectivity index (χ0n) is 20.9. The van der Waals surface area contributed by atoms with Gasteiger partial charge in [-0.15, -0.1) is 0 Å². The van der Waals surface area contributed by atoms with Gasteiger partial charge < -0.3 is 10.1 Å². The van der Waals surface area contributed by atoms with Crippen molar-refractivity contribution in [3.8, 4) is 5.75 Å². The molecule has 1 amide bonds. The zero-order valence-corrected chi connectivity index (χ0v) is 21.7. The van der Waals surface area contributed by atoms with E-state index in [4.69, 9.17) is 4.74 Å². The molecular weight excluding hydrogens is 484 g/mol. The first kappa shape index (κ1) is 25.7. The number of aryl methyl sites for hydroxylation is 2. The van der Waals surface area contributed by atoms with Gasteiger partial charge >= 0.3 is 0 Å². The molecule has 37 heavy (non-hydrogen) atoms. The second kappa shape index (κ2) is 11.1. The largest absolute Gasteiger partial charge is 0.497 e. The molecule has 0 saturated carbocycles. The Kier molecular flexibility index (Phi) is 7.74. The molecule has 0 aliphatic rings. The Morgan fingerprint density at radius 3 is 2.14 bits per heavy atom. The van der Waals surface area contributed by atoms with E-state index in [0.717, 1.165) is 28.0 Å². The van der Waals surface area contributed by atoms with Gasteiger partial charge in [0.1, 0.15) is 5.75 Å². The maximum Gasteiger partial charge on any atom is 0.261 e. The third-order valence-electron chi connectivity index (χ3n) is 5.80. The summed E-state index contributed by atoms with van der Waals surface area (Å²) < 4.78 is 33.6. The van der Waals surface area contributed by atoms with Gasteiger partial charge in [-0.2, -0.15) is 0 Å². The number of nitrogens with one attached hydrogen (secondary N) is 2. The first-order chi connectivity index (χ1) is 17.7. The van der Waals surface area contributed by atoms with Crippen LogP contribution in [0.5, 0.6) is 5.75 Å². The van der Waals surface area contributed by atoms with Gasteiger partial charge in [0.05, 0.1) is 17.7 Å². The van der Waals surface area contributed by atoms with Crippen molar-refractivity contribution < 1.29 is 17.9 Å². The van der Waals surface area contributed by atoms with Gasteiger partial charge in [-0.05, 0) is 79.1 Å². The highest BCUT2D eigenvalue weighted by molar-refractivity contribution is 7.92. The molecule has 0 atom stereocenters. The van der Waals surface area contributed by atoms with Crippen LogP contribution in [-0.4, -0.2) is 21.4 Å². The van der Waals surface area contributed by atoms with Gasteiger partial charge in [0.25, 0.3) is 15.9 Å². The topological polar surface area (TPSA) is 84.5 Å². The number of carbonyl (C=O) groups excluding carboxylic acids is 1. The fourth-order valence-corrected chi connectivity index (χ4v) is 4.94. The molecule has 0 unspecified atom stereocenters. The van der Waals surface area contributed by atoms with Gasteiger partial charge in [0.15, 0.2) is 0 Å². The van der Waals surface area contributed by atoms with E-state index in [1.807, 2.05) is 80.6 Å².